The molecule has 0 saturated carbocycles. The van der Waals surface area contributed by atoms with Crippen molar-refractivity contribution in [3.63, 3.8) is 0 Å². The molecule has 0 aliphatic carbocycles. The summed E-state index contributed by atoms with van der Waals surface area (Å²) in [5.74, 6) is -1.63. The van der Waals surface area contributed by atoms with Crippen LogP contribution in [0.15, 0.2) is 36.5 Å². The van der Waals surface area contributed by atoms with E-state index in [1.54, 1.807) is 27.7 Å². The molecule has 246 valence electrons. The molecule has 2 N–H and O–H groups in total. The average molecular weight is 611 g/mol. The summed E-state index contributed by atoms with van der Waals surface area (Å²) < 4.78 is 20.4. The summed E-state index contributed by atoms with van der Waals surface area (Å²) in [5.41, 5.74) is 0.228. The highest BCUT2D eigenvalue weighted by molar-refractivity contribution is 5.89. The minimum absolute atomic E-state index is 0.252. The maximum atomic E-state index is 12.6. The van der Waals surface area contributed by atoms with E-state index in [1.807, 2.05) is 13.8 Å². The van der Waals surface area contributed by atoms with Gasteiger partial charge < -0.3 is 29.6 Å². The van der Waals surface area contributed by atoms with E-state index in [9.17, 15) is 19.2 Å². The van der Waals surface area contributed by atoms with E-state index in [2.05, 4.69) is 40.2 Å². The summed E-state index contributed by atoms with van der Waals surface area (Å²) in [4.78, 5) is 52.8. The van der Waals surface area contributed by atoms with Gasteiger partial charge in [0.25, 0.3) is 0 Å². The van der Waals surface area contributed by atoms with Crippen LogP contribution in [0.1, 0.15) is 41.5 Å². The number of carbonyl (C=O) groups excluding carboxylic acids is 4. The van der Waals surface area contributed by atoms with Crippen molar-refractivity contribution in [1.29, 1.82) is 0 Å². The second-order valence-electron chi connectivity index (χ2n) is 10.5. The molecule has 0 aromatic rings. The van der Waals surface area contributed by atoms with E-state index in [4.69, 9.17) is 18.9 Å². The molecule has 0 fully saturated rings. The molecule has 0 aromatic heterocycles. The predicted molar refractivity (Wildman–Crippen MR) is 166 cm³/mol. The summed E-state index contributed by atoms with van der Waals surface area (Å²) in [5, 5.41) is 6.40. The summed E-state index contributed by atoms with van der Waals surface area (Å²) in [6, 6.07) is 0. The SMILES string of the molecule is C=C(CNCCN(CCN(CCNCC(=C)C(=O)OCC)CC(C)(C)C(=O)OCC)CC(=C)C(=O)OCC)C(=O)OCC. The lowest BCUT2D eigenvalue weighted by Crippen LogP contribution is -2.46. The Morgan fingerprint density at radius 2 is 1.00 bits per heavy atom. The summed E-state index contributed by atoms with van der Waals surface area (Å²) in [7, 11) is 0. The van der Waals surface area contributed by atoms with Crippen LogP contribution in [-0.4, -0.2) is 126 Å². The number of hydrogen-bond donors (Lipinski definition) is 2. The second kappa shape index (κ2) is 22.5. The highest BCUT2D eigenvalue weighted by Gasteiger charge is 2.31. The first kappa shape index (κ1) is 39.9. The van der Waals surface area contributed by atoms with Crippen molar-refractivity contribution in [2.75, 3.05) is 91.9 Å². The van der Waals surface area contributed by atoms with Crippen LogP contribution in [0.25, 0.3) is 0 Å². The van der Waals surface area contributed by atoms with Crippen LogP contribution < -0.4 is 10.6 Å². The first-order valence-electron chi connectivity index (χ1n) is 14.9. The molecule has 0 bridgehead atoms. The van der Waals surface area contributed by atoms with Crippen molar-refractivity contribution >= 4 is 23.9 Å². The number of esters is 4. The Morgan fingerprint density at radius 3 is 1.44 bits per heavy atom. The third-order valence-corrected chi connectivity index (χ3v) is 6.17. The van der Waals surface area contributed by atoms with Crippen molar-refractivity contribution < 1.29 is 38.1 Å². The Morgan fingerprint density at radius 1 is 0.605 bits per heavy atom. The molecule has 0 aliphatic heterocycles. The molecule has 0 rings (SSSR count). The van der Waals surface area contributed by atoms with Gasteiger partial charge in [0.15, 0.2) is 0 Å². The number of rotatable bonds is 25. The molecule has 0 spiro atoms. The van der Waals surface area contributed by atoms with Crippen molar-refractivity contribution in [3.05, 3.63) is 36.5 Å². The van der Waals surface area contributed by atoms with E-state index in [0.29, 0.717) is 69.1 Å². The predicted octanol–water partition coefficient (Wildman–Crippen LogP) is 1.72. The molecule has 0 amide bonds. The van der Waals surface area contributed by atoms with Crippen LogP contribution in [0, 0.1) is 5.41 Å². The molecule has 43 heavy (non-hydrogen) atoms. The van der Waals surface area contributed by atoms with Gasteiger partial charge in [0, 0.05) is 82.2 Å². The number of ether oxygens (including phenoxy) is 4. The third-order valence-electron chi connectivity index (χ3n) is 6.17. The number of hydrogen-bond acceptors (Lipinski definition) is 12. The molecule has 12 nitrogen and oxygen atoms in total. The Labute approximate surface area is 257 Å². The third kappa shape index (κ3) is 17.6. The standard InChI is InChI=1S/C31H54N4O8/c1-10-40-27(36)24(5)20-32-14-16-34(22-26(7)29(38)42-12-3)18-19-35(23-31(8,9)30(39)43-13-4)17-15-33-21-25(6)28(37)41-11-2/h32-33H,5-7,10-23H2,1-4,8-9H3. The van der Waals surface area contributed by atoms with Crippen molar-refractivity contribution in [1.82, 2.24) is 20.4 Å². The van der Waals surface area contributed by atoms with Crippen molar-refractivity contribution in [2.45, 2.75) is 41.5 Å². The Hall–Kier alpha value is -3.06. The van der Waals surface area contributed by atoms with Crippen LogP contribution in [0.5, 0.6) is 0 Å². The van der Waals surface area contributed by atoms with Gasteiger partial charge in [-0.15, -0.1) is 0 Å². The maximum absolute atomic E-state index is 12.6. The fourth-order valence-electron chi connectivity index (χ4n) is 3.90. The molecule has 0 atom stereocenters. The maximum Gasteiger partial charge on any atom is 0.334 e. The minimum atomic E-state index is -0.765. The minimum Gasteiger partial charge on any atom is -0.466 e. The van der Waals surface area contributed by atoms with Crippen LogP contribution in [0.3, 0.4) is 0 Å². The first-order valence-corrected chi connectivity index (χ1v) is 14.9. The molecule has 0 heterocycles. The molecule has 0 radical (unpaired) electrons. The molecule has 0 saturated heterocycles. The van der Waals surface area contributed by atoms with Crippen LogP contribution in [0.4, 0.5) is 0 Å². The molecule has 0 aromatic carbocycles. The van der Waals surface area contributed by atoms with Crippen LogP contribution in [-0.2, 0) is 38.1 Å². The number of nitrogens with one attached hydrogen (secondary N) is 2. The van der Waals surface area contributed by atoms with E-state index in [1.165, 1.54) is 0 Å². The number of carbonyl (C=O) groups is 4. The largest absolute Gasteiger partial charge is 0.466 e. The second-order valence-corrected chi connectivity index (χ2v) is 10.5. The van der Waals surface area contributed by atoms with Gasteiger partial charge >= 0.3 is 23.9 Å². The normalized spacial score (nSPS) is 11.3. The molecule has 0 aliphatic rings. The number of nitrogens with zero attached hydrogens (tertiary/aromatic N) is 2. The summed E-state index contributed by atoms with van der Waals surface area (Å²) in [6.07, 6.45) is 0. The summed E-state index contributed by atoms with van der Waals surface area (Å²) in [6.45, 7) is 27.7. The zero-order chi connectivity index (χ0) is 32.8. The lowest BCUT2D eigenvalue weighted by Gasteiger charge is -2.33. The fourth-order valence-corrected chi connectivity index (χ4v) is 3.90. The fraction of sp³-hybridized carbons (Fsp3) is 0.677. The lowest BCUT2D eigenvalue weighted by molar-refractivity contribution is -0.154. The Balaban J connectivity index is 5.45. The molecular formula is C31H54N4O8. The van der Waals surface area contributed by atoms with Gasteiger partial charge in [0.2, 0.25) is 0 Å². The van der Waals surface area contributed by atoms with Gasteiger partial charge in [-0.05, 0) is 41.5 Å². The highest BCUT2D eigenvalue weighted by Crippen LogP contribution is 2.19. The van der Waals surface area contributed by atoms with Gasteiger partial charge in [-0.2, -0.15) is 0 Å². The summed E-state index contributed by atoms with van der Waals surface area (Å²) >= 11 is 0. The van der Waals surface area contributed by atoms with Crippen molar-refractivity contribution in [3.8, 4) is 0 Å². The van der Waals surface area contributed by atoms with E-state index >= 15 is 0 Å². The van der Waals surface area contributed by atoms with Gasteiger partial charge in [0.05, 0.1) is 31.8 Å². The van der Waals surface area contributed by atoms with Gasteiger partial charge in [0.1, 0.15) is 0 Å². The van der Waals surface area contributed by atoms with Crippen LogP contribution in [0.2, 0.25) is 0 Å². The average Bonchev–Trinajstić information content (AvgIpc) is 2.95. The Kier molecular flexibility index (Phi) is 20.9. The smallest absolute Gasteiger partial charge is 0.334 e. The van der Waals surface area contributed by atoms with Gasteiger partial charge in [-0.25, -0.2) is 14.4 Å². The van der Waals surface area contributed by atoms with Crippen LogP contribution >= 0.6 is 0 Å². The highest BCUT2D eigenvalue weighted by atomic mass is 16.5. The van der Waals surface area contributed by atoms with Crippen molar-refractivity contribution in [2.24, 2.45) is 5.41 Å². The Bertz CT molecular complexity index is 935. The molecular weight excluding hydrogens is 556 g/mol. The first-order chi connectivity index (χ1) is 20.3. The topological polar surface area (TPSA) is 136 Å². The van der Waals surface area contributed by atoms with E-state index in [0.717, 1.165) is 0 Å². The molecule has 0 unspecified atom stereocenters. The van der Waals surface area contributed by atoms with E-state index in [-0.39, 0.29) is 45.4 Å². The van der Waals surface area contributed by atoms with Gasteiger partial charge in [-0.3, -0.25) is 14.6 Å². The molecule has 12 heteroatoms. The quantitative estimate of drug-likeness (QED) is 0.0674. The zero-order valence-electron chi connectivity index (χ0n) is 27.2. The monoisotopic (exact) mass is 610 g/mol. The lowest BCUT2D eigenvalue weighted by atomic mass is 9.93. The van der Waals surface area contributed by atoms with E-state index < -0.39 is 23.3 Å². The zero-order valence-corrected chi connectivity index (χ0v) is 27.2. The van der Waals surface area contributed by atoms with Gasteiger partial charge in [-0.1, -0.05) is 19.7 Å².